The second-order valence-corrected chi connectivity index (χ2v) is 8.71. The number of likely N-dealkylation sites (tertiary alicyclic amines) is 1. The normalized spacial score (nSPS) is 18.9. The van der Waals surface area contributed by atoms with E-state index in [0.717, 1.165) is 53.9 Å². The second kappa shape index (κ2) is 8.49. The van der Waals surface area contributed by atoms with Crippen LogP contribution in [0.3, 0.4) is 0 Å². The lowest BCUT2D eigenvalue weighted by Gasteiger charge is -2.32. The maximum absolute atomic E-state index is 12.5. The zero-order valence-corrected chi connectivity index (χ0v) is 16.9. The molecule has 1 aromatic rings. The average molecular weight is 381 g/mol. The number of anilines is 1. The maximum atomic E-state index is 12.5. The van der Waals surface area contributed by atoms with Crippen LogP contribution in [-0.4, -0.2) is 36.2 Å². The van der Waals surface area contributed by atoms with E-state index in [9.17, 15) is 4.79 Å². The summed E-state index contributed by atoms with van der Waals surface area (Å²) in [4.78, 5) is 16.0. The van der Waals surface area contributed by atoms with Crippen molar-refractivity contribution in [3.05, 3.63) is 16.0 Å². The minimum absolute atomic E-state index is 0.240. The fourth-order valence-corrected chi connectivity index (χ4v) is 5.34. The van der Waals surface area contributed by atoms with Gasteiger partial charge in [0.05, 0.1) is 12.7 Å². The van der Waals surface area contributed by atoms with Crippen LogP contribution in [0.1, 0.15) is 66.2 Å². The number of rotatable bonds is 2. The maximum Gasteiger partial charge on any atom is 0.341 e. The smallest absolute Gasteiger partial charge is 0.341 e. The van der Waals surface area contributed by atoms with Crippen molar-refractivity contribution in [1.82, 2.24) is 4.90 Å². The van der Waals surface area contributed by atoms with Crippen LogP contribution in [0.4, 0.5) is 5.00 Å². The summed E-state index contributed by atoms with van der Waals surface area (Å²) in [5.41, 5.74) is 1.91. The third-order valence-electron chi connectivity index (χ3n) is 5.35. The molecule has 138 valence electrons. The number of carbonyl (C=O) groups excluding carboxylic acids is 1. The fourth-order valence-electron chi connectivity index (χ4n) is 3.71. The van der Waals surface area contributed by atoms with Crippen LogP contribution in [0.15, 0.2) is 0 Å². The van der Waals surface area contributed by atoms with Crippen LogP contribution < -0.4 is 5.32 Å². The molecule has 2 aliphatic rings. The van der Waals surface area contributed by atoms with E-state index in [-0.39, 0.29) is 5.97 Å². The summed E-state index contributed by atoms with van der Waals surface area (Å²) in [7, 11) is 1.46. The summed E-state index contributed by atoms with van der Waals surface area (Å²) in [6.45, 7) is 4.28. The molecule has 0 unspecified atom stereocenters. The van der Waals surface area contributed by atoms with Gasteiger partial charge in [-0.05, 0) is 62.2 Å². The number of aryl methyl sites for hydroxylation is 1. The first-order valence-corrected chi connectivity index (χ1v) is 10.6. The van der Waals surface area contributed by atoms with Gasteiger partial charge in [-0.25, -0.2) is 4.79 Å². The van der Waals surface area contributed by atoms with E-state index in [0.29, 0.717) is 0 Å². The van der Waals surface area contributed by atoms with E-state index in [1.165, 1.54) is 49.7 Å². The number of thiocarbonyl (C=S) groups is 1. The Bertz CT molecular complexity index is 634. The highest BCUT2D eigenvalue weighted by Gasteiger charge is 2.26. The van der Waals surface area contributed by atoms with Gasteiger partial charge in [0, 0.05) is 18.0 Å². The van der Waals surface area contributed by atoms with E-state index in [4.69, 9.17) is 17.0 Å². The molecule has 1 saturated heterocycles. The Balaban J connectivity index is 1.83. The molecule has 1 aliphatic heterocycles. The van der Waals surface area contributed by atoms with Gasteiger partial charge in [0.25, 0.3) is 0 Å². The van der Waals surface area contributed by atoms with Crippen LogP contribution in [0.25, 0.3) is 0 Å². The standard InChI is InChI=1S/C19H28N2O2S2/c1-13-9-11-21(12-10-13)19(24)20-17-16(18(22)23-2)14-7-5-3-4-6-8-15(14)25-17/h13H,3-12H2,1-2H3,(H,20,24). The van der Waals surface area contributed by atoms with Crippen molar-refractivity contribution in [3.8, 4) is 0 Å². The monoisotopic (exact) mass is 380 g/mol. The molecular weight excluding hydrogens is 352 g/mol. The number of nitrogens with zero attached hydrogens (tertiary/aromatic N) is 1. The summed E-state index contributed by atoms with van der Waals surface area (Å²) < 4.78 is 5.09. The second-order valence-electron chi connectivity index (χ2n) is 7.21. The lowest BCUT2D eigenvalue weighted by Crippen LogP contribution is -2.40. The van der Waals surface area contributed by atoms with Crippen molar-refractivity contribution in [2.45, 2.75) is 58.3 Å². The van der Waals surface area contributed by atoms with Gasteiger partial charge in [0.2, 0.25) is 0 Å². The largest absolute Gasteiger partial charge is 0.465 e. The summed E-state index contributed by atoms with van der Waals surface area (Å²) in [5, 5.41) is 5.00. The van der Waals surface area contributed by atoms with E-state index in [1.54, 1.807) is 11.3 Å². The highest BCUT2D eigenvalue weighted by atomic mass is 32.1. The average Bonchev–Trinajstić information content (AvgIpc) is 2.91. The van der Waals surface area contributed by atoms with E-state index < -0.39 is 0 Å². The molecular formula is C19H28N2O2S2. The number of methoxy groups -OCH3 is 1. The minimum Gasteiger partial charge on any atom is -0.465 e. The van der Waals surface area contributed by atoms with E-state index in [1.807, 2.05) is 0 Å². The first-order valence-electron chi connectivity index (χ1n) is 9.39. The van der Waals surface area contributed by atoms with Gasteiger partial charge in [-0.2, -0.15) is 0 Å². The Kier molecular flexibility index (Phi) is 6.34. The lowest BCUT2D eigenvalue weighted by atomic mass is 9.96. The highest BCUT2D eigenvalue weighted by Crippen LogP contribution is 2.37. The molecule has 0 saturated carbocycles. The molecule has 1 N–H and O–H groups in total. The molecule has 1 aromatic heterocycles. The quantitative estimate of drug-likeness (QED) is 0.599. The first-order chi connectivity index (χ1) is 12.1. The Morgan fingerprint density at radius 2 is 1.88 bits per heavy atom. The predicted octanol–water partition coefficient (Wildman–Crippen LogP) is 4.62. The molecule has 0 bridgehead atoms. The molecule has 3 rings (SSSR count). The number of esters is 1. The molecule has 0 spiro atoms. The third-order valence-corrected chi connectivity index (χ3v) is 6.92. The van der Waals surface area contributed by atoms with Crippen molar-refractivity contribution in [3.63, 3.8) is 0 Å². The van der Waals surface area contributed by atoms with Crippen LogP contribution in [0, 0.1) is 5.92 Å². The topological polar surface area (TPSA) is 41.6 Å². The number of carbonyl (C=O) groups is 1. The van der Waals surface area contributed by atoms with Gasteiger partial charge in [-0.15, -0.1) is 11.3 Å². The van der Waals surface area contributed by atoms with Crippen molar-refractivity contribution >= 4 is 39.6 Å². The van der Waals surface area contributed by atoms with Gasteiger partial charge in [0.1, 0.15) is 5.00 Å². The molecule has 0 amide bonds. The van der Waals surface area contributed by atoms with Crippen molar-refractivity contribution in [1.29, 1.82) is 0 Å². The molecule has 2 heterocycles. The number of hydrogen-bond acceptors (Lipinski definition) is 4. The summed E-state index contributed by atoms with van der Waals surface area (Å²) in [6, 6.07) is 0. The van der Waals surface area contributed by atoms with Crippen molar-refractivity contribution in [2.24, 2.45) is 5.92 Å². The molecule has 1 fully saturated rings. The predicted molar refractivity (Wildman–Crippen MR) is 108 cm³/mol. The lowest BCUT2D eigenvalue weighted by molar-refractivity contribution is 0.0601. The number of thiophene rings is 1. The molecule has 25 heavy (non-hydrogen) atoms. The molecule has 0 radical (unpaired) electrons. The number of hydrogen-bond donors (Lipinski definition) is 1. The zero-order chi connectivity index (χ0) is 17.8. The third kappa shape index (κ3) is 4.34. The SMILES string of the molecule is COC(=O)c1c(NC(=S)N2CCC(C)CC2)sc2c1CCCCCC2. The first kappa shape index (κ1) is 18.6. The Morgan fingerprint density at radius 3 is 2.56 bits per heavy atom. The van der Waals surface area contributed by atoms with Gasteiger partial charge in [0.15, 0.2) is 5.11 Å². The number of ether oxygens (including phenoxy) is 1. The van der Waals surface area contributed by atoms with Crippen LogP contribution >= 0.6 is 23.6 Å². The Labute approximate surface area is 159 Å². The van der Waals surface area contributed by atoms with Crippen LogP contribution in [0.2, 0.25) is 0 Å². The molecule has 6 heteroatoms. The number of nitrogens with one attached hydrogen (secondary N) is 1. The van der Waals surface area contributed by atoms with E-state index in [2.05, 4.69) is 17.1 Å². The van der Waals surface area contributed by atoms with Crippen molar-refractivity contribution in [2.75, 3.05) is 25.5 Å². The van der Waals surface area contributed by atoms with E-state index >= 15 is 0 Å². The highest BCUT2D eigenvalue weighted by molar-refractivity contribution is 7.80. The molecule has 0 atom stereocenters. The summed E-state index contributed by atoms with van der Waals surface area (Å²) >= 11 is 7.34. The van der Waals surface area contributed by atoms with Crippen LogP contribution in [0.5, 0.6) is 0 Å². The minimum atomic E-state index is -0.240. The number of fused-ring (bicyclic) bond motifs is 1. The van der Waals surface area contributed by atoms with Gasteiger partial charge in [-0.1, -0.05) is 19.8 Å². The van der Waals surface area contributed by atoms with Crippen LogP contribution in [-0.2, 0) is 17.6 Å². The summed E-state index contributed by atoms with van der Waals surface area (Å²) in [6.07, 6.45) is 9.22. The molecule has 0 aromatic carbocycles. The Morgan fingerprint density at radius 1 is 1.20 bits per heavy atom. The van der Waals surface area contributed by atoms with Gasteiger partial charge < -0.3 is 15.0 Å². The Hall–Kier alpha value is -1.14. The molecule has 1 aliphatic carbocycles. The number of piperidine rings is 1. The fraction of sp³-hybridized carbons (Fsp3) is 0.684. The van der Waals surface area contributed by atoms with Gasteiger partial charge in [-0.3, -0.25) is 0 Å². The van der Waals surface area contributed by atoms with Crippen molar-refractivity contribution < 1.29 is 9.53 Å². The summed E-state index contributed by atoms with van der Waals surface area (Å²) in [5.74, 6) is 0.530. The molecule has 4 nitrogen and oxygen atoms in total. The van der Waals surface area contributed by atoms with Gasteiger partial charge >= 0.3 is 5.97 Å². The zero-order valence-electron chi connectivity index (χ0n) is 15.2.